The second kappa shape index (κ2) is 3.81. The van der Waals surface area contributed by atoms with Gasteiger partial charge in [-0.1, -0.05) is 0 Å². The number of nitrogens with two attached hydrogens (primary N) is 1. The summed E-state index contributed by atoms with van der Waals surface area (Å²) in [5.41, 5.74) is 7.79. The van der Waals surface area contributed by atoms with E-state index in [1.165, 1.54) is 37.7 Å². The molecule has 1 saturated carbocycles. The third kappa shape index (κ3) is 2.32. The Morgan fingerprint density at radius 1 is 1.46 bits per heavy atom. The molecular weight excluding hydrogens is 178 g/mol. The van der Waals surface area contributed by atoms with E-state index in [1.54, 1.807) is 11.3 Å². The van der Waals surface area contributed by atoms with Crippen molar-refractivity contribution < 1.29 is 0 Å². The number of rotatable bonds is 5. The molecule has 1 fully saturated rings. The van der Waals surface area contributed by atoms with Crippen molar-refractivity contribution in [2.24, 2.45) is 11.1 Å². The van der Waals surface area contributed by atoms with Gasteiger partial charge in [-0.15, -0.1) is 0 Å². The molecule has 0 spiro atoms. The minimum Gasteiger partial charge on any atom is -0.330 e. The minimum absolute atomic E-state index is 0.565. The minimum atomic E-state index is 0.565. The molecule has 0 aliphatic heterocycles. The molecular formula is C11H17NS. The molecule has 2 heteroatoms. The zero-order chi connectivity index (χ0) is 9.15. The van der Waals surface area contributed by atoms with Crippen molar-refractivity contribution in [3.63, 3.8) is 0 Å². The Labute approximate surface area is 84.0 Å². The van der Waals surface area contributed by atoms with Crippen LogP contribution in [0.3, 0.4) is 0 Å². The molecule has 0 amide bonds. The van der Waals surface area contributed by atoms with E-state index in [1.807, 2.05) is 0 Å². The Hall–Kier alpha value is -0.340. The van der Waals surface area contributed by atoms with Crippen LogP contribution in [-0.4, -0.2) is 6.54 Å². The maximum Gasteiger partial charge on any atom is -0.00205 e. The first-order valence-electron chi connectivity index (χ1n) is 5.06. The van der Waals surface area contributed by atoms with Crippen molar-refractivity contribution in [1.29, 1.82) is 0 Å². The van der Waals surface area contributed by atoms with Gasteiger partial charge in [0, 0.05) is 0 Å². The summed E-state index contributed by atoms with van der Waals surface area (Å²) in [5.74, 6) is 0. The van der Waals surface area contributed by atoms with Gasteiger partial charge in [0.05, 0.1) is 0 Å². The van der Waals surface area contributed by atoms with Crippen molar-refractivity contribution >= 4 is 11.3 Å². The molecule has 0 atom stereocenters. The highest BCUT2D eigenvalue weighted by Crippen LogP contribution is 2.48. The van der Waals surface area contributed by atoms with Gasteiger partial charge in [-0.2, -0.15) is 11.3 Å². The lowest BCUT2D eigenvalue weighted by molar-refractivity contribution is 0.460. The zero-order valence-corrected chi connectivity index (χ0v) is 8.78. The van der Waals surface area contributed by atoms with Crippen LogP contribution in [0.15, 0.2) is 16.8 Å². The fourth-order valence-corrected chi connectivity index (χ4v) is 2.54. The highest BCUT2D eigenvalue weighted by molar-refractivity contribution is 7.07. The van der Waals surface area contributed by atoms with Crippen molar-refractivity contribution in [2.45, 2.75) is 32.1 Å². The topological polar surface area (TPSA) is 26.0 Å². The van der Waals surface area contributed by atoms with Crippen LogP contribution < -0.4 is 5.73 Å². The van der Waals surface area contributed by atoms with E-state index in [2.05, 4.69) is 16.8 Å². The quantitative estimate of drug-likeness (QED) is 0.768. The lowest BCUT2D eigenvalue weighted by Gasteiger charge is -2.10. The zero-order valence-electron chi connectivity index (χ0n) is 7.96. The molecule has 0 bridgehead atoms. The molecule has 0 unspecified atom stereocenters. The van der Waals surface area contributed by atoms with E-state index in [4.69, 9.17) is 5.73 Å². The molecule has 1 nitrogen and oxygen atoms in total. The second-order valence-corrected chi connectivity index (χ2v) is 4.97. The highest BCUT2D eigenvalue weighted by atomic mass is 32.1. The lowest BCUT2D eigenvalue weighted by atomic mass is 9.98. The van der Waals surface area contributed by atoms with Crippen molar-refractivity contribution in [2.75, 3.05) is 6.54 Å². The molecule has 2 rings (SSSR count). The summed E-state index contributed by atoms with van der Waals surface area (Å²) in [4.78, 5) is 0. The van der Waals surface area contributed by atoms with E-state index < -0.39 is 0 Å². The summed E-state index contributed by atoms with van der Waals surface area (Å²) < 4.78 is 0. The van der Waals surface area contributed by atoms with Gasteiger partial charge in [-0.05, 0) is 66.5 Å². The fourth-order valence-electron chi connectivity index (χ4n) is 1.84. The molecule has 1 aromatic rings. The summed E-state index contributed by atoms with van der Waals surface area (Å²) in [6.45, 7) is 0.899. The van der Waals surface area contributed by atoms with E-state index in [0.29, 0.717) is 5.41 Å². The first-order chi connectivity index (χ1) is 6.35. The van der Waals surface area contributed by atoms with Crippen LogP contribution in [0.4, 0.5) is 0 Å². The summed E-state index contributed by atoms with van der Waals surface area (Å²) in [6, 6.07) is 2.23. The van der Waals surface area contributed by atoms with Gasteiger partial charge in [-0.3, -0.25) is 0 Å². The normalized spacial score (nSPS) is 18.8. The largest absolute Gasteiger partial charge is 0.330 e. The summed E-state index contributed by atoms with van der Waals surface area (Å²) >= 11 is 1.79. The summed E-state index contributed by atoms with van der Waals surface area (Å²) in [7, 11) is 0. The van der Waals surface area contributed by atoms with Crippen LogP contribution >= 0.6 is 11.3 Å². The summed E-state index contributed by atoms with van der Waals surface area (Å²) in [6.07, 6.45) is 6.62. The van der Waals surface area contributed by atoms with Crippen LogP contribution in [0, 0.1) is 5.41 Å². The van der Waals surface area contributed by atoms with Crippen molar-refractivity contribution in [3.8, 4) is 0 Å². The Kier molecular flexibility index (Phi) is 2.70. The molecule has 0 saturated heterocycles. The SMILES string of the molecule is NCC1(CCCc2ccsc2)CC1. The van der Waals surface area contributed by atoms with Crippen molar-refractivity contribution in [1.82, 2.24) is 0 Å². The number of thiophene rings is 1. The predicted molar refractivity (Wildman–Crippen MR) is 58.0 cm³/mol. The van der Waals surface area contributed by atoms with Gasteiger partial charge in [0.2, 0.25) is 0 Å². The molecule has 1 aliphatic rings. The Balaban J connectivity index is 1.70. The second-order valence-electron chi connectivity index (χ2n) is 4.19. The molecule has 0 aromatic carbocycles. The van der Waals surface area contributed by atoms with Gasteiger partial charge >= 0.3 is 0 Å². The predicted octanol–water partition coefficient (Wildman–Crippen LogP) is 2.81. The van der Waals surface area contributed by atoms with Gasteiger partial charge in [0.15, 0.2) is 0 Å². The van der Waals surface area contributed by atoms with Gasteiger partial charge in [-0.25, -0.2) is 0 Å². The molecule has 1 aromatic heterocycles. The summed E-state index contributed by atoms with van der Waals surface area (Å²) in [5, 5.41) is 4.41. The third-order valence-electron chi connectivity index (χ3n) is 3.14. The van der Waals surface area contributed by atoms with Gasteiger partial charge in [0.25, 0.3) is 0 Å². The van der Waals surface area contributed by atoms with Crippen molar-refractivity contribution in [3.05, 3.63) is 22.4 Å². The molecule has 2 N–H and O–H groups in total. The smallest absolute Gasteiger partial charge is 0.00205 e. The third-order valence-corrected chi connectivity index (χ3v) is 3.87. The number of aryl methyl sites for hydroxylation is 1. The van der Waals surface area contributed by atoms with E-state index in [0.717, 1.165) is 6.54 Å². The maximum absolute atomic E-state index is 5.73. The number of hydrogen-bond acceptors (Lipinski definition) is 2. The molecule has 72 valence electrons. The first kappa shape index (κ1) is 9.22. The van der Waals surface area contributed by atoms with Crippen LogP contribution in [0.5, 0.6) is 0 Å². The molecule has 13 heavy (non-hydrogen) atoms. The van der Waals surface area contributed by atoms with E-state index in [9.17, 15) is 0 Å². The van der Waals surface area contributed by atoms with Crippen LogP contribution in [0.25, 0.3) is 0 Å². The standard InChI is InChI=1S/C11H17NS/c12-9-11(5-6-11)4-1-2-10-3-7-13-8-10/h3,7-8H,1-2,4-6,9,12H2. The molecule has 1 heterocycles. The van der Waals surface area contributed by atoms with Crippen LogP contribution in [0.2, 0.25) is 0 Å². The first-order valence-corrected chi connectivity index (χ1v) is 6.00. The monoisotopic (exact) mass is 195 g/mol. The van der Waals surface area contributed by atoms with E-state index in [-0.39, 0.29) is 0 Å². The Bertz CT molecular complexity index is 249. The van der Waals surface area contributed by atoms with Gasteiger partial charge in [0.1, 0.15) is 0 Å². The maximum atomic E-state index is 5.73. The highest BCUT2D eigenvalue weighted by Gasteiger charge is 2.39. The lowest BCUT2D eigenvalue weighted by Crippen LogP contribution is -2.15. The molecule has 0 radical (unpaired) electrons. The molecule has 1 aliphatic carbocycles. The van der Waals surface area contributed by atoms with Gasteiger partial charge < -0.3 is 5.73 Å². The van der Waals surface area contributed by atoms with E-state index >= 15 is 0 Å². The number of hydrogen-bond donors (Lipinski definition) is 1. The Morgan fingerprint density at radius 2 is 2.31 bits per heavy atom. The van der Waals surface area contributed by atoms with Crippen LogP contribution in [-0.2, 0) is 6.42 Å². The fraction of sp³-hybridized carbons (Fsp3) is 0.636. The average Bonchev–Trinajstić information content (AvgIpc) is 2.74. The average molecular weight is 195 g/mol. The van der Waals surface area contributed by atoms with Crippen LogP contribution in [0.1, 0.15) is 31.2 Å². The Morgan fingerprint density at radius 3 is 2.85 bits per heavy atom.